The van der Waals surface area contributed by atoms with Crippen LogP contribution < -0.4 is 9.64 Å². The van der Waals surface area contributed by atoms with Gasteiger partial charge >= 0.3 is 5.97 Å². The van der Waals surface area contributed by atoms with Crippen molar-refractivity contribution < 1.29 is 14.3 Å². The fraction of sp³-hybridized carbons (Fsp3) is 0.458. The second-order valence-corrected chi connectivity index (χ2v) is 8.62. The Morgan fingerprint density at radius 3 is 2.50 bits per heavy atom. The van der Waals surface area contributed by atoms with Crippen molar-refractivity contribution in [2.75, 3.05) is 44.7 Å². The highest BCUT2D eigenvalue weighted by molar-refractivity contribution is 6.30. The lowest BCUT2D eigenvalue weighted by Crippen LogP contribution is -2.39. The van der Waals surface area contributed by atoms with E-state index in [4.69, 9.17) is 21.1 Å². The fourth-order valence-corrected chi connectivity index (χ4v) is 4.64. The third kappa shape index (κ3) is 5.08. The number of hydrogen-bond donors (Lipinski definition) is 0. The number of para-hydroxylation sites is 1. The van der Waals surface area contributed by atoms with Crippen molar-refractivity contribution in [2.24, 2.45) is 5.92 Å². The van der Waals surface area contributed by atoms with Crippen LogP contribution in [0, 0.1) is 5.92 Å². The fourth-order valence-electron chi connectivity index (χ4n) is 4.52. The van der Waals surface area contributed by atoms with Crippen molar-refractivity contribution in [3.8, 4) is 5.75 Å². The average Bonchev–Trinajstić information content (AvgIpc) is 3.22. The Balaban J connectivity index is 1.26. The van der Waals surface area contributed by atoms with Crippen LogP contribution in [0.5, 0.6) is 5.75 Å². The molecule has 6 heteroatoms. The minimum Gasteiger partial charge on any atom is -0.489 e. The maximum Gasteiger partial charge on any atom is 0.339 e. The van der Waals surface area contributed by atoms with Gasteiger partial charge < -0.3 is 14.4 Å². The number of rotatable bonds is 6. The van der Waals surface area contributed by atoms with Gasteiger partial charge in [-0.1, -0.05) is 23.7 Å². The molecule has 2 aromatic carbocycles. The first kappa shape index (κ1) is 21.0. The van der Waals surface area contributed by atoms with E-state index in [9.17, 15) is 4.79 Å². The molecular formula is C24H29ClN2O3. The molecule has 160 valence electrons. The van der Waals surface area contributed by atoms with Crippen LogP contribution in [0.15, 0.2) is 48.5 Å². The Labute approximate surface area is 183 Å². The number of ether oxygens (including phenoxy) is 2. The van der Waals surface area contributed by atoms with Gasteiger partial charge in [-0.05, 0) is 61.6 Å². The number of carbonyl (C=O) groups excluding carboxylic acids is 1. The van der Waals surface area contributed by atoms with Crippen LogP contribution in [0.3, 0.4) is 0 Å². The van der Waals surface area contributed by atoms with Gasteiger partial charge in [0.1, 0.15) is 11.9 Å². The Morgan fingerprint density at radius 1 is 1.03 bits per heavy atom. The molecule has 2 fully saturated rings. The first-order chi connectivity index (χ1) is 14.6. The van der Waals surface area contributed by atoms with Gasteiger partial charge in [0, 0.05) is 37.7 Å². The minimum atomic E-state index is -0.267. The molecule has 2 aliphatic rings. The third-order valence-electron chi connectivity index (χ3n) is 6.13. The molecule has 0 unspecified atom stereocenters. The largest absolute Gasteiger partial charge is 0.489 e. The molecule has 0 spiro atoms. The number of piperidine rings is 1. The number of methoxy groups -OCH3 is 1. The van der Waals surface area contributed by atoms with Gasteiger partial charge in [-0.25, -0.2) is 4.79 Å². The summed E-state index contributed by atoms with van der Waals surface area (Å²) >= 11 is 5.95. The molecule has 0 bridgehead atoms. The first-order valence-corrected chi connectivity index (χ1v) is 11.1. The zero-order valence-corrected chi connectivity index (χ0v) is 18.2. The maximum absolute atomic E-state index is 12.1. The lowest BCUT2D eigenvalue weighted by atomic mass is 9.95. The van der Waals surface area contributed by atoms with Crippen LogP contribution in [0.25, 0.3) is 0 Å². The SMILES string of the molecule is COC(=O)c1ccccc1N1CCC(CN2CC[C@H](Oc3ccc(Cl)cc3)C2)CC1. The minimum absolute atomic E-state index is 0.248. The van der Waals surface area contributed by atoms with E-state index in [1.165, 1.54) is 7.11 Å². The zero-order valence-electron chi connectivity index (χ0n) is 17.4. The Kier molecular flexibility index (Phi) is 6.80. The summed E-state index contributed by atoms with van der Waals surface area (Å²) in [6.07, 6.45) is 3.58. The second kappa shape index (κ2) is 9.71. The number of anilines is 1. The van der Waals surface area contributed by atoms with Gasteiger partial charge in [-0.2, -0.15) is 0 Å². The van der Waals surface area contributed by atoms with Crippen molar-refractivity contribution in [2.45, 2.75) is 25.4 Å². The van der Waals surface area contributed by atoms with E-state index < -0.39 is 0 Å². The highest BCUT2D eigenvalue weighted by atomic mass is 35.5. The molecule has 2 heterocycles. The number of hydrogen-bond acceptors (Lipinski definition) is 5. The van der Waals surface area contributed by atoms with Gasteiger partial charge in [0.25, 0.3) is 0 Å². The molecule has 30 heavy (non-hydrogen) atoms. The molecule has 0 saturated carbocycles. The second-order valence-electron chi connectivity index (χ2n) is 8.18. The Hall–Kier alpha value is -2.24. The Morgan fingerprint density at radius 2 is 1.77 bits per heavy atom. The predicted molar refractivity (Wildman–Crippen MR) is 120 cm³/mol. The van der Waals surface area contributed by atoms with E-state index >= 15 is 0 Å². The topological polar surface area (TPSA) is 42.0 Å². The van der Waals surface area contributed by atoms with Crippen molar-refractivity contribution in [1.29, 1.82) is 0 Å². The number of nitrogens with zero attached hydrogens (tertiary/aromatic N) is 2. The van der Waals surface area contributed by atoms with Crippen molar-refractivity contribution in [1.82, 2.24) is 4.90 Å². The lowest BCUT2D eigenvalue weighted by Gasteiger charge is -2.36. The number of esters is 1. The quantitative estimate of drug-likeness (QED) is 0.634. The third-order valence-corrected chi connectivity index (χ3v) is 6.38. The molecule has 2 saturated heterocycles. The Bertz CT molecular complexity index is 850. The maximum atomic E-state index is 12.1. The highest BCUT2D eigenvalue weighted by Crippen LogP contribution is 2.28. The van der Waals surface area contributed by atoms with Crippen LogP contribution in [0.1, 0.15) is 29.6 Å². The molecule has 0 N–H and O–H groups in total. The summed E-state index contributed by atoms with van der Waals surface area (Å²) in [5.74, 6) is 1.31. The number of halogens is 1. The molecule has 2 aliphatic heterocycles. The van der Waals surface area contributed by atoms with Gasteiger partial charge in [0.15, 0.2) is 0 Å². The summed E-state index contributed by atoms with van der Waals surface area (Å²) in [5.41, 5.74) is 1.64. The van der Waals surface area contributed by atoms with Crippen molar-refractivity contribution in [3.63, 3.8) is 0 Å². The average molecular weight is 429 g/mol. The monoisotopic (exact) mass is 428 g/mol. The van der Waals surface area contributed by atoms with Crippen LogP contribution in [0.2, 0.25) is 5.02 Å². The molecule has 1 atom stereocenters. The lowest BCUT2D eigenvalue weighted by molar-refractivity contribution is 0.0601. The van der Waals surface area contributed by atoms with Crippen LogP contribution in [-0.2, 0) is 4.74 Å². The smallest absolute Gasteiger partial charge is 0.339 e. The summed E-state index contributed by atoms with van der Waals surface area (Å²) in [5, 5.41) is 0.732. The van der Waals surface area contributed by atoms with E-state index in [1.807, 2.05) is 48.5 Å². The van der Waals surface area contributed by atoms with Gasteiger partial charge in [0.05, 0.1) is 18.4 Å². The summed E-state index contributed by atoms with van der Waals surface area (Å²) in [6, 6.07) is 15.4. The molecule has 2 aromatic rings. The summed E-state index contributed by atoms with van der Waals surface area (Å²) in [4.78, 5) is 16.9. The van der Waals surface area contributed by atoms with Crippen LogP contribution >= 0.6 is 11.6 Å². The van der Waals surface area contributed by atoms with Crippen molar-refractivity contribution in [3.05, 3.63) is 59.1 Å². The van der Waals surface area contributed by atoms with Gasteiger partial charge in [-0.15, -0.1) is 0 Å². The number of carbonyl (C=O) groups is 1. The zero-order chi connectivity index (χ0) is 20.9. The van der Waals surface area contributed by atoms with Crippen LogP contribution in [0.4, 0.5) is 5.69 Å². The normalized spacial score (nSPS) is 20.3. The van der Waals surface area contributed by atoms with Gasteiger partial charge in [0.2, 0.25) is 0 Å². The molecular weight excluding hydrogens is 400 g/mol. The molecule has 0 aliphatic carbocycles. The molecule has 5 nitrogen and oxygen atoms in total. The van der Waals surface area contributed by atoms with Crippen LogP contribution in [-0.4, -0.2) is 56.8 Å². The number of likely N-dealkylation sites (tertiary alicyclic amines) is 1. The van der Waals surface area contributed by atoms with Gasteiger partial charge in [-0.3, -0.25) is 4.90 Å². The van der Waals surface area contributed by atoms with E-state index in [0.717, 1.165) is 68.4 Å². The van der Waals surface area contributed by atoms with E-state index in [-0.39, 0.29) is 12.1 Å². The predicted octanol–water partition coefficient (Wildman–Crippen LogP) is 4.50. The van der Waals surface area contributed by atoms with E-state index in [2.05, 4.69) is 9.80 Å². The molecule has 0 aromatic heterocycles. The summed E-state index contributed by atoms with van der Waals surface area (Å²) in [7, 11) is 1.44. The standard InChI is InChI=1S/C24H29ClN2O3/c1-29-24(28)22-4-2-3-5-23(22)27-14-10-18(11-15-27)16-26-13-12-21(17-26)30-20-8-6-19(25)7-9-20/h2-9,18,21H,10-17H2,1H3/t21-/m0/s1. The van der Waals surface area contributed by atoms with E-state index in [1.54, 1.807) is 0 Å². The summed E-state index contributed by atoms with van der Waals surface area (Å²) in [6.45, 7) is 5.12. The van der Waals surface area contributed by atoms with E-state index in [0.29, 0.717) is 11.5 Å². The number of benzene rings is 2. The molecule has 4 rings (SSSR count). The molecule has 0 radical (unpaired) electrons. The first-order valence-electron chi connectivity index (χ1n) is 10.7. The molecule has 0 amide bonds. The summed E-state index contributed by atoms with van der Waals surface area (Å²) < 4.78 is 11.1. The highest BCUT2D eigenvalue weighted by Gasteiger charge is 2.28. The van der Waals surface area contributed by atoms with Crippen molar-refractivity contribution >= 4 is 23.3 Å².